The number of hydrogen-bond acceptors (Lipinski definition) is 5. The summed E-state index contributed by atoms with van der Waals surface area (Å²) < 4.78 is 5.14. The molecule has 6 nitrogen and oxygen atoms in total. The highest BCUT2D eigenvalue weighted by Gasteiger charge is 2.18. The van der Waals surface area contributed by atoms with Crippen LogP contribution in [0.3, 0.4) is 0 Å². The third-order valence-corrected chi connectivity index (χ3v) is 2.89. The quantitative estimate of drug-likeness (QED) is 0.761. The molecule has 0 amide bonds. The Morgan fingerprint density at radius 3 is 2.70 bits per heavy atom. The lowest BCUT2D eigenvalue weighted by Crippen LogP contribution is -2.26. The molecule has 0 aliphatic rings. The van der Waals surface area contributed by atoms with Crippen LogP contribution in [0.4, 0.5) is 5.69 Å². The molecule has 2 N–H and O–H groups in total. The van der Waals surface area contributed by atoms with E-state index in [2.05, 4.69) is 22.2 Å². The van der Waals surface area contributed by atoms with Gasteiger partial charge in [-0.25, -0.2) is 14.8 Å². The molecule has 112 valence electrons. The van der Waals surface area contributed by atoms with E-state index >= 15 is 0 Å². The van der Waals surface area contributed by atoms with Crippen molar-refractivity contribution in [3.63, 3.8) is 0 Å². The number of aromatic nitrogens is 2. The summed E-state index contributed by atoms with van der Waals surface area (Å²) in [4.78, 5) is 19.7. The molecule has 1 rings (SSSR count). The summed E-state index contributed by atoms with van der Waals surface area (Å²) in [7, 11) is 1.63. The van der Waals surface area contributed by atoms with Crippen LogP contribution in [-0.4, -0.2) is 40.8 Å². The van der Waals surface area contributed by atoms with Crippen molar-refractivity contribution in [2.24, 2.45) is 0 Å². The first-order chi connectivity index (χ1) is 9.49. The first-order valence-corrected chi connectivity index (χ1v) is 6.85. The summed E-state index contributed by atoms with van der Waals surface area (Å²) in [5.74, 6) is -0.427. The molecule has 6 heteroatoms. The fourth-order valence-corrected chi connectivity index (χ4v) is 1.91. The maximum atomic E-state index is 11.3. The number of carboxylic acids is 1. The van der Waals surface area contributed by atoms with Crippen molar-refractivity contribution in [3.8, 4) is 0 Å². The molecule has 0 aromatic carbocycles. The number of ether oxygens (including phenoxy) is 1. The van der Waals surface area contributed by atoms with Crippen LogP contribution in [-0.2, 0) is 4.74 Å². The number of nitrogens with one attached hydrogen (secondary N) is 1. The van der Waals surface area contributed by atoms with E-state index in [1.807, 2.05) is 13.8 Å². The fraction of sp³-hybridized carbons (Fsp3) is 0.643. The smallest absolute Gasteiger partial charge is 0.356 e. The van der Waals surface area contributed by atoms with Gasteiger partial charge in [-0.05, 0) is 6.42 Å². The van der Waals surface area contributed by atoms with Crippen molar-refractivity contribution >= 4 is 11.7 Å². The lowest BCUT2D eigenvalue weighted by molar-refractivity contribution is 0.0691. The average molecular weight is 281 g/mol. The zero-order valence-corrected chi connectivity index (χ0v) is 12.5. The van der Waals surface area contributed by atoms with Crippen LogP contribution < -0.4 is 5.32 Å². The number of anilines is 1. The third-order valence-electron chi connectivity index (χ3n) is 2.89. The molecular weight excluding hydrogens is 258 g/mol. The van der Waals surface area contributed by atoms with Gasteiger partial charge in [-0.3, -0.25) is 0 Å². The second kappa shape index (κ2) is 7.79. The SMILES string of the molecule is CCCC(COC)Nc1cnc(C(C)C)nc1C(=O)O. The Hall–Kier alpha value is -1.69. The normalized spacial score (nSPS) is 12.4. The summed E-state index contributed by atoms with van der Waals surface area (Å²) >= 11 is 0. The topological polar surface area (TPSA) is 84.3 Å². The second-order valence-electron chi connectivity index (χ2n) is 5.04. The van der Waals surface area contributed by atoms with E-state index < -0.39 is 5.97 Å². The Labute approximate surface area is 119 Å². The molecule has 0 fully saturated rings. The minimum atomic E-state index is -1.05. The predicted octanol–water partition coefficient (Wildman–Crippen LogP) is 2.53. The molecule has 0 aliphatic carbocycles. The van der Waals surface area contributed by atoms with E-state index in [9.17, 15) is 9.90 Å². The number of carbonyl (C=O) groups is 1. The molecule has 0 spiro atoms. The number of aromatic carboxylic acids is 1. The Bertz CT molecular complexity index is 443. The Morgan fingerprint density at radius 1 is 1.50 bits per heavy atom. The molecule has 1 aromatic rings. The van der Waals surface area contributed by atoms with Gasteiger partial charge in [0, 0.05) is 19.1 Å². The fourth-order valence-electron chi connectivity index (χ4n) is 1.91. The molecule has 20 heavy (non-hydrogen) atoms. The van der Waals surface area contributed by atoms with E-state index in [0.717, 1.165) is 12.8 Å². The van der Waals surface area contributed by atoms with Crippen LogP contribution >= 0.6 is 0 Å². The number of hydrogen-bond donors (Lipinski definition) is 2. The summed E-state index contributed by atoms with van der Waals surface area (Å²) in [6.45, 7) is 6.44. The molecule has 0 saturated heterocycles. The minimum Gasteiger partial charge on any atom is -0.476 e. The van der Waals surface area contributed by atoms with Crippen LogP contribution in [0.25, 0.3) is 0 Å². The maximum absolute atomic E-state index is 11.3. The molecule has 1 atom stereocenters. The third kappa shape index (κ3) is 4.45. The molecule has 0 radical (unpaired) electrons. The summed E-state index contributed by atoms with van der Waals surface area (Å²) in [6.07, 6.45) is 3.41. The zero-order chi connectivity index (χ0) is 15.1. The van der Waals surface area contributed by atoms with E-state index in [4.69, 9.17) is 4.74 Å². The standard InChI is InChI=1S/C14H23N3O3/c1-5-6-10(8-20-4)16-11-7-15-13(9(2)3)17-12(11)14(18)19/h7,9-10,16H,5-6,8H2,1-4H3,(H,18,19). The molecule has 1 heterocycles. The molecule has 1 aromatic heterocycles. The summed E-state index contributed by atoms with van der Waals surface area (Å²) in [6, 6.07) is 0.0524. The van der Waals surface area contributed by atoms with Crippen LogP contribution in [0.15, 0.2) is 6.20 Å². The van der Waals surface area contributed by atoms with Crippen molar-refractivity contribution in [2.75, 3.05) is 19.0 Å². The predicted molar refractivity (Wildman–Crippen MR) is 77.3 cm³/mol. The first-order valence-electron chi connectivity index (χ1n) is 6.85. The van der Waals surface area contributed by atoms with Gasteiger partial charge in [0.25, 0.3) is 0 Å². The van der Waals surface area contributed by atoms with Gasteiger partial charge in [0.2, 0.25) is 0 Å². The van der Waals surface area contributed by atoms with Crippen LogP contribution in [0.2, 0.25) is 0 Å². The van der Waals surface area contributed by atoms with E-state index in [1.54, 1.807) is 13.3 Å². The van der Waals surface area contributed by atoms with Gasteiger partial charge in [-0.1, -0.05) is 27.2 Å². The summed E-state index contributed by atoms with van der Waals surface area (Å²) in [5, 5.41) is 12.4. The van der Waals surface area contributed by atoms with Crippen molar-refractivity contribution < 1.29 is 14.6 Å². The molecule has 0 aliphatic heterocycles. The molecule has 1 unspecified atom stereocenters. The highest BCUT2D eigenvalue weighted by atomic mass is 16.5. The highest BCUT2D eigenvalue weighted by molar-refractivity contribution is 5.91. The number of rotatable bonds is 8. The van der Waals surface area contributed by atoms with E-state index in [0.29, 0.717) is 18.1 Å². The van der Waals surface area contributed by atoms with Crippen LogP contribution in [0.5, 0.6) is 0 Å². The average Bonchev–Trinajstić information content (AvgIpc) is 2.39. The van der Waals surface area contributed by atoms with Crippen molar-refractivity contribution in [3.05, 3.63) is 17.7 Å². The second-order valence-corrected chi connectivity index (χ2v) is 5.04. The Kier molecular flexibility index (Phi) is 6.38. The van der Waals surface area contributed by atoms with Crippen LogP contribution in [0, 0.1) is 0 Å². The zero-order valence-electron chi connectivity index (χ0n) is 12.5. The maximum Gasteiger partial charge on any atom is 0.356 e. The Balaban J connectivity index is 3.00. The largest absolute Gasteiger partial charge is 0.476 e. The lowest BCUT2D eigenvalue weighted by Gasteiger charge is -2.19. The molecule has 0 bridgehead atoms. The van der Waals surface area contributed by atoms with E-state index in [1.165, 1.54) is 0 Å². The van der Waals surface area contributed by atoms with Crippen LogP contribution in [0.1, 0.15) is 55.8 Å². The molecule has 0 saturated carbocycles. The van der Waals surface area contributed by atoms with Gasteiger partial charge in [0.1, 0.15) is 5.82 Å². The van der Waals surface area contributed by atoms with Gasteiger partial charge in [0.05, 0.1) is 18.5 Å². The minimum absolute atomic E-state index is 0.0147. The number of carboxylic acid groups (broad SMARTS) is 1. The number of nitrogens with zero attached hydrogens (tertiary/aromatic N) is 2. The number of methoxy groups -OCH3 is 1. The van der Waals surface area contributed by atoms with Gasteiger partial charge in [-0.2, -0.15) is 0 Å². The van der Waals surface area contributed by atoms with Gasteiger partial charge >= 0.3 is 5.97 Å². The van der Waals surface area contributed by atoms with Gasteiger partial charge in [0.15, 0.2) is 5.69 Å². The van der Waals surface area contributed by atoms with Crippen molar-refractivity contribution in [2.45, 2.75) is 45.6 Å². The highest BCUT2D eigenvalue weighted by Crippen LogP contribution is 2.18. The summed E-state index contributed by atoms with van der Waals surface area (Å²) in [5.41, 5.74) is 0.457. The monoisotopic (exact) mass is 281 g/mol. The van der Waals surface area contributed by atoms with Gasteiger partial charge in [-0.15, -0.1) is 0 Å². The molecular formula is C14H23N3O3. The van der Waals surface area contributed by atoms with Gasteiger partial charge < -0.3 is 15.2 Å². The van der Waals surface area contributed by atoms with Crippen molar-refractivity contribution in [1.29, 1.82) is 0 Å². The lowest BCUT2D eigenvalue weighted by atomic mass is 10.1. The van der Waals surface area contributed by atoms with Crippen molar-refractivity contribution in [1.82, 2.24) is 9.97 Å². The van der Waals surface area contributed by atoms with E-state index in [-0.39, 0.29) is 17.7 Å². The Morgan fingerprint density at radius 2 is 2.20 bits per heavy atom. The first kappa shape index (κ1) is 16.4.